The van der Waals surface area contributed by atoms with Gasteiger partial charge in [0, 0.05) is 5.69 Å². The fraction of sp³-hybridized carbons (Fsp3) is 0.400. The third kappa shape index (κ3) is 2.72. The van der Waals surface area contributed by atoms with Gasteiger partial charge in [-0.15, -0.1) is 0 Å². The van der Waals surface area contributed by atoms with E-state index in [1.165, 1.54) is 0 Å². The monoisotopic (exact) mass is 181 g/mol. The normalized spacial score (nSPS) is 10.5. The summed E-state index contributed by atoms with van der Waals surface area (Å²) in [6, 6.07) is 7.50. The molecule has 0 aliphatic carbocycles. The van der Waals surface area contributed by atoms with Gasteiger partial charge in [-0.05, 0) is 18.6 Å². The van der Waals surface area contributed by atoms with Gasteiger partial charge >= 0.3 is 0 Å². The highest BCUT2D eigenvalue weighted by Gasteiger charge is 2.05. The molecule has 0 unspecified atom stereocenters. The second-order valence-electron chi connectivity index (χ2n) is 3.02. The van der Waals surface area contributed by atoms with E-state index in [-0.39, 0.29) is 19.3 Å². The van der Waals surface area contributed by atoms with E-state index in [9.17, 15) is 0 Å². The third-order valence-corrected chi connectivity index (χ3v) is 1.95. The standard InChI is InChI=1S/C10H15NO2/c1-8-4-2-3-5-10(8)11-9(6-12)7-13/h2-5,9,11-13H,6-7H2,1H3. The highest BCUT2D eigenvalue weighted by atomic mass is 16.3. The fourth-order valence-corrected chi connectivity index (χ4v) is 1.10. The zero-order valence-electron chi connectivity index (χ0n) is 7.70. The number of aliphatic hydroxyl groups excluding tert-OH is 2. The van der Waals surface area contributed by atoms with Gasteiger partial charge in [0.25, 0.3) is 0 Å². The second kappa shape index (κ2) is 4.84. The first kappa shape index (κ1) is 10.0. The van der Waals surface area contributed by atoms with Gasteiger partial charge in [0.05, 0.1) is 19.3 Å². The molecule has 0 amide bonds. The first-order chi connectivity index (χ1) is 6.27. The lowest BCUT2D eigenvalue weighted by Crippen LogP contribution is -2.27. The molecule has 0 aliphatic rings. The maximum atomic E-state index is 8.86. The Kier molecular flexibility index (Phi) is 3.73. The number of benzene rings is 1. The maximum Gasteiger partial charge on any atom is 0.0723 e. The molecule has 0 radical (unpaired) electrons. The van der Waals surface area contributed by atoms with Crippen molar-refractivity contribution in [2.24, 2.45) is 0 Å². The summed E-state index contributed by atoms with van der Waals surface area (Å²) in [5.74, 6) is 0. The van der Waals surface area contributed by atoms with Gasteiger partial charge < -0.3 is 15.5 Å². The fourth-order valence-electron chi connectivity index (χ4n) is 1.10. The zero-order chi connectivity index (χ0) is 9.68. The van der Waals surface area contributed by atoms with Crippen LogP contribution < -0.4 is 5.32 Å². The van der Waals surface area contributed by atoms with Crippen LogP contribution in [0.15, 0.2) is 24.3 Å². The minimum atomic E-state index is -0.277. The molecule has 0 aromatic heterocycles. The zero-order valence-corrected chi connectivity index (χ0v) is 7.70. The number of hydrogen-bond acceptors (Lipinski definition) is 3. The molecule has 3 N–H and O–H groups in total. The van der Waals surface area contributed by atoms with Crippen molar-refractivity contribution in [3.05, 3.63) is 29.8 Å². The van der Waals surface area contributed by atoms with Gasteiger partial charge in [-0.1, -0.05) is 18.2 Å². The number of aryl methyl sites for hydroxylation is 1. The predicted molar refractivity (Wildman–Crippen MR) is 52.8 cm³/mol. The van der Waals surface area contributed by atoms with Gasteiger partial charge in [0.15, 0.2) is 0 Å². The van der Waals surface area contributed by atoms with Crippen molar-refractivity contribution in [3.8, 4) is 0 Å². The Bertz CT molecular complexity index is 259. The molecule has 72 valence electrons. The summed E-state index contributed by atoms with van der Waals surface area (Å²) in [7, 11) is 0. The van der Waals surface area contributed by atoms with Crippen molar-refractivity contribution in [1.29, 1.82) is 0 Å². The maximum absolute atomic E-state index is 8.86. The summed E-state index contributed by atoms with van der Waals surface area (Å²) in [6.45, 7) is 1.85. The molecule has 0 saturated heterocycles. The van der Waals surface area contributed by atoms with E-state index in [1.54, 1.807) is 0 Å². The lowest BCUT2D eigenvalue weighted by Gasteiger charge is -2.16. The van der Waals surface area contributed by atoms with Crippen molar-refractivity contribution in [1.82, 2.24) is 0 Å². The first-order valence-corrected chi connectivity index (χ1v) is 4.31. The molecular weight excluding hydrogens is 166 g/mol. The smallest absolute Gasteiger partial charge is 0.0723 e. The van der Waals surface area contributed by atoms with Gasteiger partial charge in [0.2, 0.25) is 0 Å². The van der Waals surface area contributed by atoms with Gasteiger partial charge in [-0.2, -0.15) is 0 Å². The summed E-state index contributed by atoms with van der Waals surface area (Å²) < 4.78 is 0. The van der Waals surface area contributed by atoms with Crippen LogP contribution in [-0.2, 0) is 0 Å². The van der Waals surface area contributed by atoms with E-state index in [0.717, 1.165) is 11.3 Å². The number of aliphatic hydroxyl groups is 2. The predicted octanol–water partition coefficient (Wildman–Crippen LogP) is 0.760. The number of anilines is 1. The van der Waals surface area contributed by atoms with Crippen LogP contribution in [0.2, 0.25) is 0 Å². The number of para-hydroxylation sites is 1. The van der Waals surface area contributed by atoms with Gasteiger partial charge in [0.1, 0.15) is 0 Å². The Morgan fingerprint density at radius 3 is 2.38 bits per heavy atom. The van der Waals surface area contributed by atoms with Crippen molar-refractivity contribution in [3.63, 3.8) is 0 Å². The Morgan fingerprint density at radius 1 is 1.23 bits per heavy atom. The van der Waals surface area contributed by atoms with Gasteiger partial charge in [-0.3, -0.25) is 0 Å². The molecule has 0 bridgehead atoms. The molecule has 0 fully saturated rings. The minimum Gasteiger partial charge on any atom is -0.394 e. The molecule has 1 aromatic carbocycles. The summed E-state index contributed by atoms with van der Waals surface area (Å²) in [5.41, 5.74) is 2.06. The quantitative estimate of drug-likeness (QED) is 0.642. The van der Waals surface area contributed by atoms with Crippen LogP contribution in [0.4, 0.5) is 5.69 Å². The van der Waals surface area contributed by atoms with Gasteiger partial charge in [-0.25, -0.2) is 0 Å². The summed E-state index contributed by atoms with van der Waals surface area (Å²) in [5, 5.41) is 20.8. The third-order valence-electron chi connectivity index (χ3n) is 1.95. The van der Waals surface area contributed by atoms with E-state index in [0.29, 0.717) is 0 Å². The SMILES string of the molecule is Cc1ccccc1NC(CO)CO. The van der Waals surface area contributed by atoms with Crippen LogP contribution >= 0.6 is 0 Å². The van der Waals surface area contributed by atoms with E-state index in [2.05, 4.69) is 5.32 Å². The Balaban J connectivity index is 2.67. The molecule has 0 saturated carbocycles. The number of rotatable bonds is 4. The average Bonchev–Trinajstić information content (AvgIpc) is 2.17. The van der Waals surface area contributed by atoms with Crippen molar-refractivity contribution < 1.29 is 10.2 Å². The lowest BCUT2D eigenvalue weighted by atomic mass is 10.2. The summed E-state index contributed by atoms with van der Waals surface area (Å²) in [6.07, 6.45) is 0. The molecular formula is C10H15NO2. The van der Waals surface area contributed by atoms with Crippen LogP contribution in [-0.4, -0.2) is 29.5 Å². The molecule has 3 nitrogen and oxygen atoms in total. The lowest BCUT2D eigenvalue weighted by molar-refractivity contribution is 0.204. The van der Waals surface area contributed by atoms with Crippen LogP contribution in [0.1, 0.15) is 5.56 Å². The number of nitrogens with one attached hydrogen (secondary N) is 1. The minimum absolute atomic E-state index is 0.0646. The van der Waals surface area contributed by atoms with Crippen molar-refractivity contribution >= 4 is 5.69 Å². The molecule has 0 aliphatic heterocycles. The number of hydrogen-bond donors (Lipinski definition) is 3. The average molecular weight is 181 g/mol. The van der Waals surface area contributed by atoms with E-state index in [4.69, 9.17) is 10.2 Å². The van der Waals surface area contributed by atoms with Crippen LogP contribution in [0, 0.1) is 6.92 Å². The molecule has 1 aromatic rings. The Labute approximate surface area is 78.0 Å². The highest BCUT2D eigenvalue weighted by molar-refractivity contribution is 5.50. The van der Waals surface area contributed by atoms with E-state index >= 15 is 0 Å². The molecule has 1 rings (SSSR count). The Hall–Kier alpha value is -1.06. The molecule has 0 heterocycles. The molecule has 3 heteroatoms. The largest absolute Gasteiger partial charge is 0.394 e. The van der Waals surface area contributed by atoms with Crippen LogP contribution in [0.3, 0.4) is 0 Å². The summed E-state index contributed by atoms with van der Waals surface area (Å²) in [4.78, 5) is 0. The van der Waals surface area contributed by atoms with E-state index < -0.39 is 0 Å². The van der Waals surface area contributed by atoms with E-state index in [1.807, 2.05) is 31.2 Å². The Morgan fingerprint density at radius 2 is 1.85 bits per heavy atom. The first-order valence-electron chi connectivity index (χ1n) is 4.31. The molecule has 0 spiro atoms. The summed E-state index contributed by atoms with van der Waals surface area (Å²) >= 11 is 0. The van der Waals surface area contributed by atoms with Crippen molar-refractivity contribution in [2.45, 2.75) is 13.0 Å². The van der Waals surface area contributed by atoms with Crippen LogP contribution in [0.25, 0.3) is 0 Å². The topological polar surface area (TPSA) is 52.5 Å². The second-order valence-corrected chi connectivity index (χ2v) is 3.02. The molecule has 0 atom stereocenters. The van der Waals surface area contributed by atoms with Crippen LogP contribution in [0.5, 0.6) is 0 Å². The highest BCUT2D eigenvalue weighted by Crippen LogP contribution is 2.13. The van der Waals surface area contributed by atoms with Crippen molar-refractivity contribution in [2.75, 3.05) is 18.5 Å². The molecule has 13 heavy (non-hydrogen) atoms.